The van der Waals surface area contributed by atoms with Gasteiger partial charge in [0.25, 0.3) is 0 Å². The third-order valence-corrected chi connectivity index (χ3v) is 2.92. The fourth-order valence-corrected chi connectivity index (χ4v) is 1.79. The molecule has 1 heterocycles. The first-order chi connectivity index (χ1) is 7.93. The van der Waals surface area contributed by atoms with E-state index in [1.54, 1.807) is 0 Å². The van der Waals surface area contributed by atoms with Crippen molar-refractivity contribution in [1.82, 2.24) is 9.55 Å². The molecule has 3 rings (SSSR count). The quantitative estimate of drug-likeness (QED) is 0.846. The molecular formula is C13H15N3. The van der Waals surface area contributed by atoms with E-state index in [0.717, 1.165) is 24.1 Å². The van der Waals surface area contributed by atoms with Gasteiger partial charge in [-0.15, -0.1) is 0 Å². The second-order valence-corrected chi connectivity index (χ2v) is 4.28. The summed E-state index contributed by atoms with van der Waals surface area (Å²) in [5, 5.41) is 3.41. The molecule has 0 amide bonds. The summed E-state index contributed by atoms with van der Waals surface area (Å²) >= 11 is 0. The van der Waals surface area contributed by atoms with Gasteiger partial charge in [-0.3, -0.25) is 4.57 Å². The number of imidazole rings is 1. The first kappa shape index (κ1) is 9.46. The van der Waals surface area contributed by atoms with Gasteiger partial charge >= 0.3 is 0 Å². The molecule has 0 saturated heterocycles. The molecule has 0 aliphatic heterocycles. The van der Waals surface area contributed by atoms with E-state index in [0.29, 0.717) is 0 Å². The zero-order valence-corrected chi connectivity index (χ0v) is 9.13. The molecule has 1 aromatic heterocycles. The number of benzene rings is 1. The number of hydrogen-bond donors (Lipinski definition) is 1. The molecule has 1 aliphatic rings. The fourth-order valence-electron chi connectivity index (χ4n) is 1.79. The topological polar surface area (TPSA) is 29.9 Å². The Hall–Kier alpha value is -1.77. The summed E-state index contributed by atoms with van der Waals surface area (Å²) in [4.78, 5) is 4.34. The second-order valence-electron chi connectivity index (χ2n) is 4.28. The molecule has 0 atom stereocenters. The number of nitrogens with one attached hydrogen (secondary N) is 1. The van der Waals surface area contributed by atoms with Crippen molar-refractivity contribution in [2.24, 2.45) is 5.92 Å². The normalized spacial score (nSPS) is 15.0. The van der Waals surface area contributed by atoms with Crippen LogP contribution in [0, 0.1) is 5.92 Å². The second kappa shape index (κ2) is 4.00. The molecule has 1 aromatic carbocycles. The maximum absolute atomic E-state index is 4.34. The number of aromatic nitrogens is 2. The van der Waals surface area contributed by atoms with Gasteiger partial charge < -0.3 is 5.32 Å². The third kappa shape index (κ3) is 1.94. The van der Waals surface area contributed by atoms with Gasteiger partial charge in [-0.1, -0.05) is 18.2 Å². The van der Waals surface area contributed by atoms with E-state index in [1.807, 2.05) is 30.6 Å². The summed E-state index contributed by atoms with van der Waals surface area (Å²) in [6.45, 7) is 1.05. The molecular weight excluding hydrogens is 198 g/mol. The lowest BCUT2D eigenvalue weighted by Gasteiger charge is -2.08. The van der Waals surface area contributed by atoms with Crippen LogP contribution in [0.5, 0.6) is 0 Å². The van der Waals surface area contributed by atoms with Gasteiger partial charge in [-0.2, -0.15) is 0 Å². The zero-order chi connectivity index (χ0) is 10.8. The van der Waals surface area contributed by atoms with E-state index in [2.05, 4.69) is 27.0 Å². The highest BCUT2D eigenvalue weighted by molar-refractivity contribution is 5.41. The van der Waals surface area contributed by atoms with Crippen molar-refractivity contribution < 1.29 is 0 Å². The molecule has 3 nitrogen and oxygen atoms in total. The van der Waals surface area contributed by atoms with Crippen molar-refractivity contribution in [3.8, 4) is 5.69 Å². The molecule has 1 aliphatic carbocycles. The summed E-state index contributed by atoms with van der Waals surface area (Å²) in [7, 11) is 0. The SMILES string of the molecule is c1ccc(-n2ccnc2NCC2CC2)cc1. The molecule has 1 N–H and O–H groups in total. The highest BCUT2D eigenvalue weighted by Crippen LogP contribution is 2.28. The van der Waals surface area contributed by atoms with Crippen LogP contribution in [0.2, 0.25) is 0 Å². The first-order valence-corrected chi connectivity index (χ1v) is 5.76. The minimum atomic E-state index is 0.862. The Kier molecular flexibility index (Phi) is 2.37. The number of hydrogen-bond acceptors (Lipinski definition) is 2. The Morgan fingerprint density at radius 1 is 1.25 bits per heavy atom. The minimum Gasteiger partial charge on any atom is -0.355 e. The predicted molar refractivity (Wildman–Crippen MR) is 64.8 cm³/mol. The Balaban J connectivity index is 1.81. The van der Waals surface area contributed by atoms with Crippen molar-refractivity contribution in [3.05, 3.63) is 42.7 Å². The van der Waals surface area contributed by atoms with E-state index >= 15 is 0 Å². The Morgan fingerprint density at radius 3 is 2.81 bits per heavy atom. The van der Waals surface area contributed by atoms with Gasteiger partial charge in [0, 0.05) is 24.6 Å². The van der Waals surface area contributed by atoms with Crippen LogP contribution in [0.4, 0.5) is 5.95 Å². The van der Waals surface area contributed by atoms with Crippen molar-refractivity contribution in [1.29, 1.82) is 0 Å². The van der Waals surface area contributed by atoms with Gasteiger partial charge in [0.1, 0.15) is 0 Å². The Morgan fingerprint density at radius 2 is 2.06 bits per heavy atom. The van der Waals surface area contributed by atoms with Gasteiger partial charge in [0.05, 0.1) is 0 Å². The first-order valence-electron chi connectivity index (χ1n) is 5.76. The summed E-state index contributed by atoms with van der Waals surface area (Å²) in [5.41, 5.74) is 1.15. The molecule has 1 fully saturated rings. The molecule has 0 unspecified atom stereocenters. The largest absolute Gasteiger partial charge is 0.355 e. The van der Waals surface area contributed by atoms with Crippen LogP contribution in [0.15, 0.2) is 42.7 Å². The number of para-hydroxylation sites is 1. The van der Waals surface area contributed by atoms with Crippen molar-refractivity contribution in [2.45, 2.75) is 12.8 Å². The van der Waals surface area contributed by atoms with E-state index in [1.165, 1.54) is 12.8 Å². The maximum Gasteiger partial charge on any atom is 0.207 e. The summed E-state index contributed by atoms with van der Waals surface area (Å²) < 4.78 is 2.09. The third-order valence-electron chi connectivity index (χ3n) is 2.92. The molecule has 0 radical (unpaired) electrons. The van der Waals surface area contributed by atoms with Crippen LogP contribution >= 0.6 is 0 Å². The Labute approximate surface area is 95.1 Å². The highest BCUT2D eigenvalue weighted by atomic mass is 15.2. The molecule has 0 spiro atoms. The van der Waals surface area contributed by atoms with Crippen LogP contribution in [0.1, 0.15) is 12.8 Å². The van der Waals surface area contributed by atoms with Crippen LogP contribution < -0.4 is 5.32 Å². The van der Waals surface area contributed by atoms with Crippen LogP contribution in [-0.4, -0.2) is 16.1 Å². The standard InChI is InChI=1S/C13H15N3/c1-2-4-12(5-3-1)16-9-8-14-13(16)15-10-11-6-7-11/h1-5,8-9,11H,6-7,10H2,(H,14,15). The zero-order valence-electron chi connectivity index (χ0n) is 9.13. The maximum atomic E-state index is 4.34. The molecule has 1 saturated carbocycles. The highest BCUT2D eigenvalue weighted by Gasteiger charge is 2.21. The predicted octanol–water partition coefficient (Wildman–Crippen LogP) is 2.69. The Bertz CT molecular complexity index is 457. The minimum absolute atomic E-state index is 0.862. The summed E-state index contributed by atoms with van der Waals surface area (Å²) in [5.74, 6) is 1.80. The van der Waals surface area contributed by atoms with Gasteiger partial charge in [-0.05, 0) is 30.9 Å². The van der Waals surface area contributed by atoms with Crippen LogP contribution in [-0.2, 0) is 0 Å². The van der Waals surface area contributed by atoms with Crippen molar-refractivity contribution in [3.63, 3.8) is 0 Å². The number of rotatable bonds is 4. The lowest BCUT2D eigenvalue weighted by atomic mass is 10.3. The van der Waals surface area contributed by atoms with E-state index in [4.69, 9.17) is 0 Å². The molecule has 16 heavy (non-hydrogen) atoms. The van der Waals surface area contributed by atoms with Crippen molar-refractivity contribution in [2.75, 3.05) is 11.9 Å². The summed E-state index contributed by atoms with van der Waals surface area (Å²) in [6.07, 6.45) is 6.55. The van der Waals surface area contributed by atoms with Gasteiger partial charge in [-0.25, -0.2) is 4.98 Å². The van der Waals surface area contributed by atoms with Crippen molar-refractivity contribution >= 4 is 5.95 Å². The van der Waals surface area contributed by atoms with Crippen LogP contribution in [0.3, 0.4) is 0 Å². The van der Waals surface area contributed by atoms with E-state index in [-0.39, 0.29) is 0 Å². The number of anilines is 1. The van der Waals surface area contributed by atoms with Gasteiger partial charge in [0.2, 0.25) is 5.95 Å². The van der Waals surface area contributed by atoms with E-state index < -0.39 is 0 Å². The smallest absolute Gasteiger partial charge is 0.207 e. The monoisotopic (exact) mass is 213 g/mol. The molecule has 2 aromatic rings. The average Bonchev–Trinajstić information content (AvgIpc) is 3.05. The van der Waals surface area contributed by atoms with Crippen LogP contribution in [0.25, 0.3) is 5.69 Å². The molecule has 82 valence electrons. The molecule has 3 heteroatoms. The van der Waals surface area contributed by atoms with Gasteiger partial charge in [0.15, 0.2) is 0 Å². The average molecular weight is 213 g/mol. The number of nitrogens with zero attached hydrogens (tertiary/aromatic N) is 2. The van der Waals surface area contributed by atoms with E-state index in [9.17, 15) is 0 Å². The fraction of sp³-hybridized carbons (Fsp3) is 0.308. The lowest BCUT2D eigenvalue weighted by molar-refractivity contribution is 0.866. The lowest BCUT2D eigenvalue weighted by Crippen LogP contribution is -2.08. The summed E-state index contributed by atoms with van der Waals surface area (Å²) in [6, 6.07) is 10.3. The molecule has 0 bridgehead atoms.